The van der Waals surface area contributed by atoms with Crippen LogP contribution in [-0.2, 0) is 0 Å². The number of pyridine rings is 1. The van der Waals surface area contributed by atoms with Crippen LogP contribution in [0.25, 0.3) is 10.9 Å². The molecule has 2 aromatic rings. The molecule has 2 fully saturated rings. The molecule has 156 valence electrons. The lowest BCUT2D eigenvalue weighted by molar-refractivity contribution is -0.133. The van der Waals surface area contributed by atoms with Gasteiger partial charge in [-0.25, -0.2) is 9.18 Å². The Morgan fingerprint density at radius 2 is 2.00 bits per heavy atom. The molecule has 0 amide bonds. The summed E-state index contributed by atoms with van der Waals surface area (Å²) in [7, 11) is 0. The van der Waals surface area contributed by atoms with Crippen molar-refractivity contribution >= 4 is 22.6 Å². The minimum Gasteiger partial charge on any atom is -0.477 e. The molecule has 2 aliphatic rings. The number of anilines is 1. The summed E-state index contributed by atoms with van der Waals surface area (Å²) in [5.41, 5.74) is -0.429. The molecule has 29 heavy (non-hydrogen) atoms. The van der Waals surface area contributed by atoms with Crippen molar-refractivity contribution in [2.75, 3.05) is 18.0 Å². The second-order valence-corrected chi connectivity index (χ2v) is 8.70. The number of fused-ring (bicyclic) bond motifs is 1. The number of hydrogen-bond acceptors (Lipinski definition) is 5. The Bertz CT molecular complexity index is 1080. The number of aliphatic hydroxyl groups excluding tert-OH is 1. The number of hydrogen-bond donors (Lipinski definition) is 3. The van der Waals surface area contributed by atoms with Crippen LogP contribution in [0.4, 0.5) is 10.1 Å². The molecule has 2 heterocycles. The van der Waals surface area contributed by atoms with Crippen molar-refractivity contribution in [3.05, 3.63) is 39.4 Å². The lowest BCUT2D eigenvalue weighted by Gasteiger charge is -2.30. The fourth-order valence-electron chi connectivity index (χ4n) is 4.53. The van der Waals surface area contributed by atoms with E-state index in [1.807, 2.05) is 6.92 Å². The number of benzene rings is 1. The molecule has 7 nitrogen and oxygen atoms in total. The maximum Gasteiger partial charge on any atom is 0.341 e. The highest BCUT2D eigenvalue weighted by Crippen LogP contribution is 2.44. The molecule has 0 spiro atoms. The van der Waals surface area contributed by atoms with Gasteiger partial charge in [-0.2, -0.15) is 0 Å². The molecule has 2 atom stereocenters. The fraction of sp³-hybridized carbons (Fsp3) is 0.524. The van der Waals surface area contributed by atoms with Crippen molar-refractivity contribution in [3.63, 3.8) is 0 Å². The quantitative estimate of drug-likeness (QED) is 0.676. The van der Waals surface area contributed by atoms with Crippen LogP contribution in [0.1, 0.15) is 48.7 Å². The van der Waals surface area contributed by atoms with E-state index in [2.05, 4.69) is 0 Å². The lowest BCUT2D eigenvalue weighted by atomic mass is 9.80. The topological polar surface area (TPSA) is 103 Å². The van der Waals surface area contributed by atoms with Crippen molar-refractivity contribution < 1.29 is 24.5 Å². The number of carboxylic acid groups (broad SMARTS) is 1. The Kier molecular flexibility index (Phi) is 4.47. The number of halogens is 1. The molecule has 1 aliphatic heterocycles. The van der Waals surface area contributed by atoms with Crippen LogP contribution < -0.4 is 10.3 Å². The van der Waals surface area contributed by atoms with Gasteiger partial charge in [0.05, 0.1) is 11.2 Å². The van der Waals surface area contributed by atoms with E-state index >= 15 is 4.39 Å². The van der Waals surface area contributed by atoms with Crippen LogP contribution in [0.5, 0.6) is 0 Å². The molecule has 1 saturated heterocycles. The molecular formula is C21H25FN2O5. The summed E-state index contributed by atoms with van der Waals surface area (Å²) in [6.07, 6.45) is 1.58. The average molecular weight is 404 g/mol. The van der Waals surface area contributed by atoms with Gasteiger partial charge in [-0.15, -0.1) is 0 Å². The number of aromatic carboxylic acids is 1. The smallest absolute Gasteiger partial charge is 0.341 e. The second kappa shape index (κ2) is 6.53. The standard InChI is InChI=1S/C21H25FN2O5/c1-10-7-23(9-21(10,3)20(28)29)17-11(2)16-13(6-15(17)22)18(25)14(19(26)27)8-24(16)12-4-5-12/h6,8,10,12,20,28-29H,4-5,7,9H2,1-3H3,(H,26,27). The Morgan fingerprint density at radius 1 is 1.34 bits per heavy atom. The number of rotatable bonds is 4. The zero-order chi connectivity index (χ0) is 21.2. The number of aliphatic hydroxyl groups is 2. The molecule has 1 aromatic heterocycles. The van der Waals surface area contributed by atoms with Crippen molar-refractivity contribution in [3.8, 4) is 0 Å². The van der Waals surface area contributed by atoms with Gasteiger partial charge < -0.3 is 24.8 Å². The number of aryl methyl sites for hydroxylation is 1. The predicted octanol–water partition coefficient (Wildman–Crippen LogP) is 2.26. The number of carboxylic acids is 1. The zero-order valence-electron chi connectivity index (χ0n) is 16.6. The van der Waals surface area contributed by atoms with Gasteiger partial charge >= 0.3 is 5.97 Å². The average Bonchev–Trinajstić information content (AvgIpc) is 3.42. The highest BCUT2D eigenvalue weighted by molar-refractivity contribution is 5.95. The van der Waals surface area contributed by atoms with E-state index in [1.54, 1.807) is 23.3 Å². The molecule has 1 aromatic carbocycles. The maximum absolute atomic E-state index is 15.2. The molecule has 0 radical (unpaired) electrons. The second-order valence-electron chi connectivity index (χ2n) is 8.70. The van der Waals surface area contributed by atoms with Gasteiger partial charge in [0, 0.05) is 36.1 Å². The first-order chi connectivity index (χ1) is 13.6. The van der Waals surface area contributed by atoms with E-state index in [9.17, 15) is 24.9 Å². The van der Waals surface area contributed by atoms with Gasteiger partial charge in [0.1, 0.15) is 11.4 Å². The Labute approximate surface area is 167 Å². The monoisotopic (exact) mass is 404 g/mol. The van der Waals surface area contributed by atoms with Gasteiger partial charge in [-0.1, -0.05) is 13.8 Å². The van der Waals surface area contributed by atoms with E-state index in [-0.39, 0.29) is 29.5 Å². The summed E-state index contributed by atoms with van der Waals surface area (Å²) in [6.45, 7) is 6.09. The molecule has 4 rings (SSSR count). The van der Waals surface area contributed by atoms with Crippen molar-refractivity contribution in [2.45, 2.75) is 45.9 Å². The normalized spacial score (nSPS) is 24.7. The van der Waals surface area contributed by atoms with Crippen molar-refractivity contribution in [1.82, 2.24) is 4.57 Å². The minimum atomic E-state index is -1.53. The van der Waals surface area contributed by atoms with E-state index in [1.165, 1.54) is 6.20 Å². The van der Waals surface area contributed by atoms with E-state index in [0.29, 0.717) is 23.3 Å². The molecular weight excluding hydrogens is 379 g/mol. The van der Waals surface area contributed by atoms with E-state index in [0.717, 1.165) is 18.9 Å². The van der Waals surface area contributed by atoms with Gasteiger partial charge in [-0.05, 0) is 37.3 Å². The third-order valence-corrected chi connectivity index (χ3v) is 6.71. The van der Waals surface area contributed by atoms with Crippen LogP contribution in [0.2, 0.25) is 0 Å². The maximum atomic E-state index is 15.2. The number of aromatic nitrogens is 1. The van der Waals surface area contributed by atoms with Crippen LogP contribution >= 0.6 is 0 Å². The highest BCUT2D eigenvalue weighted by atomic mass is 19.1. The highest BCUT2D eigenvalue weighted by Gasteiger charge is 2.46. The van der Waals surface area contributed by atoms with Crippen LogP contribution in [-0.4, -0.2) is 45.2 Å². The first kappa shape index (κ1) is 19.8. The van der Waals surface area contributed by atoms with Crippen LogP contribution in [0.3, 0.4) is 0 Å². The first-order valence-corrected chi connectivity index (χ1v) is 9.78. The summed E-state index contributed by atoms with van der Waals surface area (Å²) in [6, 6.07) is 1.22. The largest absolute Gasteiger partial charge is 0.477 e. The zero-order valence-corrected chi connectivity index (χ0v) is 16.6. The fourth-order valence-corrected chi connectivity index (χ4v) is 4.53. The van der Waals surface area contributed by atoms with Gasteiger partial charge in [0.15, 0.2) is 6.29 Å². The summed E-state index contributed by atoms with van der Waals surface area (Å²) in [5, 5.41) is 29.1. The molecule has 1 saturated carbocycles. The number of carbonyl (C=O) groups is 1. The van der Waals surface area contributed by atoms with Crippen LogP contribution in [0, 0.1) is 24.1 Å². The summed E-state index contributed by atoms with van der Waals surface area (Å²) in [4.78, 5) is 26.0. The minimum absolute atomic E-state index is 0.0627. The lowest BCUT2D eigenvalue weighted by Crippen LogP contribution is -2.38. The third kappa shape index (κ3) is 2.93. The Hall–Kier alpha value is -2.45. The van der Waals surface area contributed by atoms with E-state index in [4.69, 9.17) is 0 Å². The SMILES string of the molecule is Cc1c(N2CC(C)C(C)(C(O)O)C2)c(F)cc2c(=O)c(C(=O)O)cn(C3CC3)c12. The third-order valence-electron chi connectivity index (χ3n) is 6.71. The molecule has 3 N–H and O–H groups in total. The Balaban J connectivity index is 1.94. The van der Waals surface area contributed by atoms with Gasteiger partial charge in [-0.3, -0.25) is 4.79 Å². The predicted molar refractivity (Wildman–Crippen MR) is 106 cm³/mol. The van der Waals surface area contributed by atoms with Crippen molar-refractivity contribution in [1.29, 1.82) is 0 Å². The first-order valence-electron chi connectivity index (χ1n) is 9.78. The van der Waals surface area contributed by atoms with Gasteiger partial charge in [0.2, 0.25) is 5.43 Å². The number of nitrogens with zero attached hydrogens (tertiary/aromatic N) is 2. The summed E-state index contributed by atoms with van der Waals surface area (Å²) >= 11 is 0. The molecule has 2 unspecified atom stereocenters. The van der Waals surface area contributed by atoms with Crippen LogP contribution in [0.15, 0.2) is 17.1 Å². The van der Waals surface area contributed by atoms with E-state index < -0.39 is 28.9 Å². The summed E-state index contributed by atoms with van der Waals surface area (Å²) in [5.74, 6) is -2.02. The molecule has 0 bridgehead atoms. The van der Waals surface area contributed by atoms with Crippen molar-refractivity contribution in [2.24, 2.45) is 11.3 Å². The Morgan fingerprint density at radius 3 is 2.52 bits per heavy atom. The van der Waals surface area contributed by atoms with Gasteiger partial charge in [0.25, 0.3) is 0 Å². The molecule has 8 heteroatoms. The molecule has 1 aliphatic carbocycles. The summed E-state index contributed by atoms with van der Waals surface area (Å²) < 4.78 is 17.0.